The number of nitrogens with one attached hydrogen (secondary N) is 4. The molecule has 5 unspecified atom stereocenters. The first kappa shape index (κ1) is 50.0. The van der Waals surface area contributed by atoms with Crippen LogP contribution in [0.3, 0.4) is 0 Å². The topological polar surface area (TPSA) is 200 Å². The lowest BCUT2D eigenvalue weighted by atomic mass is 10.1. The zero-order chi connectivity index (χ0) is 47.5. The Balaban J connectivity index is 1.29. The second-order valence-corrected chi connectivity index (χ2v) is 17.2. The lowest BCUT2D eigenvalue weighted by molar-refractivity contribution is -0.127. The standard InChI is InChI=1S/C46H41Cl5N8O6/c1-23(47)29-12-6-8-16-34(29)53-43(62)31-14-10-18-37(39(31)50)56-58-41(26(4)60)45(64)52-28-20-21-36(33(22-28)25(3)49)55-46(65)42(27(5)61)59-57-38-19-11-15-32(40(38)51)44(63)54-35-17-9-7-13-30(35)24(2)48/h6-25,41-42H,1-5H3,(H,52,64)(H,53,62)(H,54,63)(H,55,65). The van der Waals surface area contributed by atoms with Crippen molar-refractivity contribution in [1.82, 2.24) is 0 Å². The van der Waals surface area contributed by atoms with Gasteiger partial charge in [0.2, 0.25) is 12.1 Å². The lowest BCUT2D eigenvalue weighted by Gasteiger charge is -2.17. The lowest BCUT2D eigenvalue weighted by Crippen LogP contribution is -2.32. The monoisotopic (exact) mass is 976 g/mol. The number of rotatable bonds is 17. The smallest absolute Gasteiger partial charge is 0.258 e. The van der Waals surface area contributed by atoms with Crippen LogP contribution in [-0.4, -0.2) is 47.3 Å². The van der Waals surface area contributed by atoms with E-state index < -0.39 is 52.7 Å². The fraction of sp³-hybridized carbons (Fsp3) is 0.217. The van der Waals surface area contributed by atoms with E-state index in [0.717, 1.165) is 13.8 Å². The highest BCUT2D eigenvalue weighted by Gasteiger charge is 2.27. The highest BCUT2D eigenvalue weighted by Crippen LogP contribution is 2.35. The quantitative estimate of drug-likeness (QED) is 0.0406. The molecule has 4 amide bonds. The molecule has 0 saturated heterocycles. The van der Waals surface area contributed by atoms with Crippen molar-refractivity contribution in [3.05, 3.63) is 141 Å². The van der Waals surface area contributed by atoms with E-state index in [0.29, 0.717) is 28.1 Å². The van der Waals surface area contributed by atoms with Crippen molar-refractivity contribution >= 4 is 127 Å². The van der Waals surface area contributed by atoms with Gasteiger partial charge in [-0.15, -0.1) is 34.8 Å². The predicted octanol–water partition coefficient (Wildman–Crippen LogP) is 12.8. The van der Waals surface area contributed by atoms with Gasteiger partial charge in [0.15, 0.2) is 11.6 Å². The van der Waals surface area contributed by atoms with E-state index in [-0.39, 0.29) is 54.7 Å². The summed E-state index contributed by atoms with van der Waals surface area (Å²) in [6, 6.07) is 24.1. The fourth-order valence-electron chi connectivity index (χ4n) is 6.21. The van der Waals surface area contributed by atoms with Crippen LogP contribution < -0.4 is 21.3 Å². The molecule has 0 aromatic heterocycles. The molecule has 336 valence electrons. The molecule has 0 fully saturated rings. The summed E-state index contributed by atoms with van der Waals surface area (Å²) in [7, 11) is 0. The largest absolute Gasteiger partial charge is 0.324 e. The first-order chi connectivity index (χ1) is 30.9. The average molecular weight is 979 g/mol. The van der Waals surface area contributed by atoms with Gasteiger partial charge in [0.05, 0.1) is 37.3 Å². The number of hydrogen-bond acceptors (Lipinski definition) is 10. The molecule has 0 aliphatic rings. The summed E-state index contributed by atoms with van der Waals surface area (Å²) in [4.78, 5) is 78.8. The van der Waals surface area contributed by atoms with Crippen LogP contribution in [0.4, 0.5) is 34.1 Å². The van der Waals surface area contributed by atoms with Crippen LogP contribution in [0.5, 0.6) is 0 Å². The predicted molar refractivity (Wildman–Crippen MR) is 256 cm³/mol. The molecule has 5 atom stereocenters. The number of ketones is 2. The van der Waals surface area contributed by atoms with Crippen LogP contribution in [0.1, 0.15) is 88.2 Å². The van der Waals surface area contributed by atoms with Crippen molar-refractivity contribution in [3.63, 3.8) is 0 Å². The van der Waals surface area contributed by atoms with Gasteiger partial charge in [-0.1, -0.05) is 71.7 Å². The van der Waals surface area contributed by atoms with E-state index in [1.165, 1.54) is 54.6 Å². The number of carbonyl (C=O) groups is 6. The number of benzene rings is 5. The number of alkyl halides is 3. The number of Topliss-reactive ketones (excluding diaryl/α,β-unsaturated/α-hetero) is 2. The summed E-state index contributed by atoms with van der Waals surface area (Å²) in [6.07, 6.45) is 0. The van der Waals surface area contributed by atoms with Gasteiger partial charge in [-0.05, 0) is 106 Å². The van der Waals surface area contributed by atoms with E-state index in [1.807, 2.05) is 0 Å². The molecule has 5 rings (SSSR count). The summed E-state index contributed by atoms with van der Waals surface area (Å²) < 4.78 is 0. The molecule has 0 saturated carbocycles. The molecule has 19 heteroatoms. The Morgan fingerprint density at radius 1 is 0.477 bits per heavy atom. The number of nitrogens with zero attached hydrogens (tertiary/aromatic N) is 4. The number of amides is 4. The number of anilines is 4. The molecular weight excluding hydrogens is 938 g/mol. The van der Waals surface area contributed by atoms with Crippen molar-refractivity contribution < 1.29 is 28.8 Å². The summed E-state index contributed by atoms with van der Waals surface area (Å²) in [5.74, 6) is -4.11. The van der Waals surface area contributed by atoms with Crippen LogP contribution in [0.25, 0.3) is 0 Å². The Bertz CT molecular complexity index is 2710. The molecule has 0 aliphatic carbocycles. The Morgan fingerprint density at radius 2 is 0.877 bits per heavy atom. The number of para-hydroxylation sites is 2. The van der Waals surface area contributed by atoms with Gasteiger partial charge in [-0.2, -0.15) is 20.5 Å². The maximum atomic E-state index is 13.5. The second kappa shape index (κ2) is 22.7. The van der Waals surface area contributed by atoms with Crippen molar-refractivity contribution in [1.29, 1.82) is 0 Å². The second-order valence-electron chi connectivity index (χ2n) is 14.4. The van der Waals surface area contributed by atoms with Gasteiger partial charge in [0.1, 0.15) is 11.4 Å². The minimum atomic E-state index is -1.64. The van der Waals surface area contributed by atoms with Crippen LogP contribution in [0.15, 0.2) is 124 Å². The third-order valence-electron chi connectivity index (χ3n) is 9.56. The third-order valence-corrected chi connectivity index (χ3v) is 11.1. The summed E-state index contributed by atoms with van der Waals surface area (Å²) in [6.45, 7) is 7.47. The van der Waals surface area contributed by atoms with Crippen LogP contribution in [-0.2, 0) is 19.2 Å². The summed E-state index contributed by atoms with van der Waals surface area (Å²) >= 11 is 32.2. The van der Waals surface area contributed by atoms with Crippen molar-refractivity contribution in [2.75, 3.05) is 21.3 Å². The van der Waals surface area contributed by atoms with Crippen LogP contribution >= 0.6 is 58.0 Å². The van der Waals surface area contributed by atoms with E-state index in [2.05, 4.69) is 41.7 Å². The number of halogens is 5. The zero-order valence-electron chi connectivity index (χ0n) is 35.3. The van der Waals surface area contributed by atoms with Gasteiger partial charge in [-0.25, -0.2) is 0 Å². The minimum absolute atomic E-state index is 0.0231. The molecule has 14 nitrogen and oxygen atoms in total. The van der Waals surface area contributed by atoms with Gasteiger partial charge in [0.25, 0.3) is 23.6 Å². The summed E-state index contributed by atoms with van der Waals surface area (Å²) in [5, 5.41) is 25.3. The Hall–Kier alpha value is -6.03. The highest BCUT2D eigenvalue weighted by atomic mass is 35.5. The van der Waals surface area contributed by atoms with Gasteiger partial charge in [0, 0.05) is 22.7 Å². The van der Waals surface area contributed by atoms with E-state index >= 15 is 0 Å². The van der Waals surface area contributed by atoms with Gasteiger partial charge >= 0.3 is 0 Å². The normalized spacial score (nSPS) is 13.6. The Kier molecular flexibility index (Phi) is 17.5. The first-order valence-electron chi connectivity index (χ1n) is 19.8. The summed E-state index contributed by atoms with van der Waals surface area (Å²) in [5.41, 5.74) is 3.26. The molecule has 0 aliphatic heterocycles. The van der Waals surface area contributed by atoms with E-state index in [9.17, 15) is 28.8 Å². The molecule has 65 heavy (non-hydrogen) atoms. The fourth-order valence-corrected chi connectivity index (χ4v) is 7.27. The molecule has 4 N–H and O–H groups in total. The molecule has 5 aromatic rings. The maximum Gasteiger partial charge on any atom is 0.258 e. The number of hydrogen-bond donors (Lipinski definition) is 4. The molecular formula is C46H41Cl5N8O6. The van der Waals surface area contributed by atoms with Gasteiger partial charge < -0.3 is 21.3 Å². The van der Waals surface area contributed by atoms with E-state index in [4.69, 9.17) is 58.0 Å². The minimum Gasteiger partial charge on any atom is -0.324 e. The van der Waals surface area contributed by atoms with Crippen LogP contribution in [0.2, 0.25) is 10.0 Å². The molecule has 5 aromatic carbocycles. The van der Waals surface area contributed by atoms with Gasteiger partial charge in [-0.3, -0.25) is 28.8 Å². The third kappa shape index (κ3) is 12.8. The SMILES string of the molecule is CC(=O)C(N=Nc1cccc(C(=O)Nc2ccccc2C(C)Cl)c1Cl)C(=O)Nc1ccc(NC(=O)C(N=Nc2cccc(C(=O)Nc3ccccc3C(C)Cl)c2Cl)C(C)=O)c(C(C)Cl)c1. The first-order valence-corrected chi connectivity index (χ1v) is 21.8. The highest BCUT2D eigenvalue weighted by molar-refractivity contribution is 6.37. The van der Waals surface area contributed by atoms with Crippen molar-refractivity contribution in [2.45, 2.75) is 62.8 Å². The molecule has 0 spiro atoms. The molecule has 0 radical (unpaired) electrons. The molecule has 0 heterocycles. The Morgan fingerprint density at radius 3 is 1.29 bits per heavy atom. The number of carbonyl (C=O) groups excluding carboxylic acids is 6. The zero-order valence-corrected chi connectivity index (χ0v) is 39.1. The van der Waals surface area contributed by atoms with Crippen molar-refractivity contribution in [2.24, 2.45) is 20.5 Å². The molecule has 0 bridgehead atoms. The van der Waals surface area contributed by atoms with Crippen molar-refractivity contribution in [3.8, 4) is 0 Å². The maximum absolute atomic E-state index is 13.5. The van der Waals surface area contributed by atoms with E-state index in [1.54, 1.807) is 69.3 Å². The average Bonchev–Trinajstić information content (AvgIpc) is 3.25. The number of azo groups is 2. The Labute approximate surface area is 399 Å². The van der Waals surface area contributed by atoms with Crippen LogP contribution in [0, 0.1) is 0 Å².